The lowest BCUT2D eigenvalue weighted by Crippen LogP contribution is -2.12. The Balaban J connectivity index is 1.92. The Kier molecular flexibility index (Phi) is 3.78. The van der Waals surface area contributed by atoms with Crippen LogP contribution in [-0.2, 0) is 7.05 Å². The van der Waals surface area contributed by atoms with Crippen molar-refractivity contribution >= 4 is 22.5 Å². The number of fused-ring (bicyclic) bond motifs is 1. The topological polar surface area (TPSA) is 56.1 Å². The minimum atomic E-state index is -0.150. The van der Waals surface area contributed by atoms with Gasteiger partial charge < -0.3 is 10.1 Å². The van der Waals surface area contributed by atoms with Crippen LogP contribution < -0.4 is 10.1 Å². The molecule has 1 N–H and O–H groups in total. The molecule has 5 heteroatoms. The molecule has 0 unspecified atom stereocenters. The highest BCUT2D eigenvalue weighted by molar-refractivity contribution is 6.06. The fourth-order valence-electron chi connectivity index (χ4n) is 2.71. The molecule has 0 fully saturated rings. The largest absolute Gasteiger partial charge is 0.481 e. The molecule has 118 valence electrons. The number of aryl methyl sites for hydroxylation is 3. The van der Waals surface area contributed by atoms with Crippen LogP contribution >= 0.6 is 0 Å². The molecule has 0 aliphatic rings. The van der Waals surface area contributed by atoms with Crippen molar-refractivity contribution in [1.82, 2.24) is 9.78 Å². The van der Waals surface area contributed by atoms with Gasteiger partial charge in [0, 0.05) is 18.3 Å². The average molecular weight is 309 g/mol. The second-order valence-electron chi connectivity index (χ2n) is 5.64. The first kappa shape index (κ1) is 15.1. The predicted molar refractivity (Wildman–Crippen MR) is 91.1 cm³/mol. The number of methoxy groups -OCH3 is 1. The lowest BCUT2D eigenvalue weighted by Gasteiger charge is -2.09. The molecule has 0 aliphatic carbocycles. The fraction of sp³-hybridized carbons (Fsp3) is 0.222. The SMILES string of the molecule is COc1c2ccc(C(=O)Nc3ccc(C)cc3C)cc2nn1C. The minimum absolute atomic E-state index is 0.150. The van der Waals surface area contributed by atoms with Crippen LogP contribution in [0.15, 0.2) is 36.4 Å². The first-order chi connectivity index (χ1) is 11.0. The Labute approximate surface area is 134 Å². The van der Waals surface area contributed by atoms with Gasteiger partial charge in [-0.3, -0.25) is 4.79 Å². The molecule has 1 aromatic heterocycles. The number of aromatic nitrogens is 2. The average Bonchev–Trinajstić information content (AvgIpc) is 2.84. The summed E-state index contributed by atoms with van der Waals surface area (Å²) in [6, 6.07) is 11.4. The number of benzene rings is 2. The summed E-state index contributed by atoms with van der Waals surface area (Å²) in [5.41, 5.74) is 4.33. The van der Waals surface area contributed by atoms with Gasteiger partial charge in [-0.05, 0) is 43.7 Å². The monoisotopic (exact) mass is 309 g/mol. The van der Waals surface area contributed by atoms with Crippen molar-refractivity contribution in [3.8, 4) is 5.88 Å². The second kappa shape index (κ2) is 5.76. The first-order valence-electron chi connectivity index (χ1n) is 7.39. The summed E-state index contributed by atoms with van der Waals surface area (Å²) < 4.78 is 6.98. The van der Waals surface area contributed by atoms with Crippen LogP contribution in [0, 0.1) is 13.8 Å². The number of hydrogen-bond donors (Lipinski definition) is 1. The van der Waals surface area contributed by atoms with Crippen LogP contribution in [0.25, 0.3) is 10.9 Å². The molecule has 5 nitrogen and oxygen atoms in total. The number of carbonyl (C=O) groups excluding carboxylic acids is 1. The number of anilines is 1. The van der Waals surface area contributed by atoms with Crippen LogP contribution in [0.2, 0.25) is 0 Å². The van der Waals surface area contributed by atoms with E-state index in [9.17, 15) is 4.79 Å². The van der Waals surface area contributed by atoms with Crippen molar-refractivity contribution in [3.05, 3.63) is 53.1 Å². The van der Waals surface area contributed by atoms with Gasteiger partial charge in [0.05, 0.1) is 18.0 Å². The Morgan fingerprint density at radius 1 is 1.17 bits per heavy atom. The highest BCUT2D eigenvalue weighted by Gasteiger charge is 2.13. The van der Waals surface area contributed by atoms with E-state index in [2.05, 4.69) is 10.4 Å². The molecule has 1 amide bonds. The molecule has 0 saturated heterocycles. The normalized spacial score (nSPS) is 10.8. The summed E-state index contributed by atoms with van der Waals surface area (Å²) in [7, 11) is 3.42. The molecule has 0 bridgehead atoms. The van der Waals surface area contributed by atoms with E-state index in [0.29, 0.717) is 11.4 Å². The Hall–Kier alpha value is -2.82. The zero-order chi connectivity index (χ0) is 16.6. The summed E-state index contributed by atoms with van der Waals surface area (Å²) in [6.07, 6.45) is 0. The summed E-state index contributed by atoms with van der Waals surface area (Å²) in [5.74, 6) is 0.532. The maximum atomic E-state index is 12.5. The van der Waals surface area contributed by atoms with E-state index in [1.807, 2.05) is 45.2 Å². The Bertz CT molecular complexity index is 897. The summed E-state index contributed by atoms with van der Waals surface area (Å²) in [5, 5.41) is 8.21. The predicted octanol–water partition coefficient (Wildman–Crippen LogP) is 3.45. The van der Waals surface area contributed by atoms with Crippen molar-refractivity contribution < 1.29 is 9.53 Å². The van der Waals surface area contributed by atoms with Crippen LogP contribution in [0.3, 0.4) is 0 Å². The zero-order valence-electron chi connectivity index (χ0n) is 13.7. The van der Waals surface area contributed by atoms with Gasteiger partial charge in [0.2, 0.25) is 5.88 Å². The van der Waals surface area contributed by atoms with Crippen LogP contribution in [0.1, 0.15) is 21.5 Å². The summed E-state index contributed by atoms with van der Waals surface area (Å²) >= 11 is 0. The molecule has 0 aliphatic heterocycles. The molecule has 0 radical (unpaired) electrons. The Morgan fingerprint density at radius 3 is 2.65 bits per heavy atom. The maximum Gasteiger partial charge on any atom is 0.255 e. The van der Waals surface area contributed by atoms with Gasteiger partial charge in [-0.25, -0.2) is 4.68 Å². The van der Waals surface area contributed by atoms with Gasteiger partial charge in [-0.1, -0.05) is 17.7 Å². The van der Waals surface area contributed by atoms with Gasteiger partial charge >= 0.3 is 0 Å². The maximum absolute atomic E-state index is 12.5. The molecular formula is C18H19N3O2. The Morgan fingerprint density at radius 2 is 1.96 bits per heavy atom. The number of hydrogen-bond acceptors (Lipinski definition) is 3. The first-order valence-corrected chi connectivity index (χ1v) is 7.39. The van der Waals surface area contributed by atoms with Crippen molar-refractivity contribution in [2.45, 2.75) is 13.8 Å². The summed E-state index contributed by atoms with van der Waals surface area (Å²) in [4.78, 5) is 12.5. The minimum Gasteiger partial charge on any atom is -0.481 e. The van der Waals surface area contributed by atoms with E-state index in [-0.39, 0.29) is 5.91 Å². The van der Waals surface area contributed by atoms with E-state index in [1.165, 1.54) is 5.56 Å². The molecule has 0 saturated carbocycles. The molecule has 0 atom stereocenters. The van der Waals surface area contributed by atoms with Crippen molar-refractivity contribution in [2.24, 2.45) is 7.05 Å². The molecule has 3 rings (SSSR count). The molecule has 0 spiro atoms. The highest BCUT2D eigenvalue weighted by atomic mass is 16.5. The molecule has 2 aromatic carbocycles. The fourth-order valence-corrected chi connectivity index (χ4v) is 2.71. The van der Waals surface area contributed by atoms with Gasteiger partial charge in [-0.15, -0.1) is 0 Å². The number of rotatable bonds is 3. The third kappa shape index (κ3) is 2.77. The smallest absolute Gasteiger partial charge is 0.255 e. The van der Waals surface area contributed by atoms with Crippen molar-refractivity contribution in [3.63, 3.8) is 0 Å². The molecule has 23 heavy (non-hydrogen) atoms. The quantitative estimate of drug-likeness (QED) is 0.806. The van der Waals surface area contributed by atoms with Gasteiger partial charge in [0.15, 0.2) is 0 Å². The zero-order valence-corrected chi connectivity index (χ0v) is 13.7. The van der Waals surface area contributed by atoms with E-state index >= 15 is 0 Å². The van der Waals surface area contributed by atoms with Crippen molar-refractivity contribution in [2.75, 3.05) is 12.4 Å². The van der Waals surface area contributed by atoms with E-state index in [1.54, 1.807) is 23.9 Å². The number of nitrogens with one attached hydrogen (secondary N) is 1. The van der Waals surface area contributed by atoms with Gasteiger partial charge in [0.25, 0.3) is 5.91 Å². The lowest BCUT2D eigenvalue weighted by atomic mass is 10.1. The van der Waals surface area contributed by atoms with E-state index < -0.39 is 0 Å². The van der Waals surface area contributed by atoms with Gasteiger partial charge in [-0.2, -0.15) is 5.10 Å². The van der Waals surface area contributed by atoms with Crippen LogP contribution in [0.5, 0.6) is 5.88 Å². The van der Waals surface area contributed by atoms with Gasteiger partial charge in [0.1, 0.15) is 0 Å². The van der Waals surface area contributed by atoms with E-state index in [4.69, 9.17) is 4.74 Å². The number of amides is 1. The molecular weight excluding hydrogens is 290 g/mol. The third-order valence-corrected chi connectivity index (χ3v) is 3.87. The number of nitrogens with zero attached hydrogens (tertiary/aromatic N) is 2. The molecule has 3 aromatic rings. The van der Waals surface area contributed by atoms with E-state index in [0.717, 1.165) is 22.2 Å². The third-order valence-electron chi connectivity index (χ3n) is 3.87. The number of carbonyl (C=O) groups is 1. The lowest BCUT2D eigenvalue weighted by molar-refractivity contribution is 0.102. The highest BCUT2D eigenvalue weighted by Crippen LogP contribution is 2.26. The van der Waals surface area contributed by atoms with Crippen molar-refractivity contribution in [1.29, 1.82) is 0 Å². The second-order valence-corrected chi connectivity index (χ2v) is 5.64. The number of ether oxygens (including phenoxy) is 1. The molecule has 1 heterocycles. The standard InChI is InChI=1S/C18H19N3O2/c1-11-5-8-15(12(2)9-11)19-17(22)13-6-7-14-16(10-13)20-21(3)18(14)23-4/h5-10H,1-4H3,(H,19,22). The van der Waals surface area contributed by atoms with Crippen LogP contribution in [0.4, 0.5) is 5.69 Å². The summed E-state index contributed by atoms with van der Waals surface area (Å²) in [6.45, 7) is 4.01. The van der Waals surface area contributed by atoms with Crippen LogP contribution in [-0.4, -0.2) is 22.8 Å².